The molecular formula is C18H23ClN2O2. The van der Waals surface area contributed by atoms with E-state index in [1.165, 1.54) is 5.56 Å². The molecule has 2 aromatic rings. The normalized spacial score (nSPS) is 9.87. The van der Waals surface area contributed by atoms with Gasteiger partial charge in [0, 0.05) is 11.4 Å². The Morgan fingerprint density at radius 2 is 1.83 bits per heavy atom. The van der Waals surface area contributed by atoms with E-state index in [0.29, 0.717) is 18.7 Å². The summed E-state index contributed by atoms with van der Waals surface area (Å²) >= 11 is 0. The summed E-state index contributed by atoms with van der Waals surface area (Å²) in [7, 11) is 0. The maximum atomic E-state index is 12.0. The number of aryl methyl sites for hydroxylation is 3. The summed E-state index contributed by atoms with van der Waals surface area (Å²) in [5, 5.41) is 2.86. The van der Waals surface area contributed by atoms with Crippen LogP contribution in [0.2, 0.25) is 0 Å². The summed E-state index contributed by atoms with van der Waals surface area (Å²) in [6.45, 7) is 6.31. The molecule has 0 aromatic heterocycles. The zero-order valence-corrected chi connectivity index (χ0v) is 14.5. The van der Waals surface area contributed by atoms with E-state index in [-0.39, 0.29) is 18.3 Å². The van der Waals surface area contributed by atoms with E-state index in [1.807, 2.05) is 45.0 Å². The number of rotatable bonds is 5. The highest BCUT2D eigenvalue weighted by molar-refractivity contribution is 5.92. The van der Waals surface area contributed by atoms with Crippen LogP contribution in [0.4, 0.5) is 11.4 Å². The van der Waals surface area contributed by atoms with Gasteiger partial charge in [-0.05, 0) is 50.1 Å². The molecule has 0 spiro atoms. The third-order valence-electron chi connectivity index (χ3n) is 3.45. The second kappa shape index (κ2) is 8.44. The number of hydrogen-bond acceptors (Lipinski definition) is 3. The molecule has 3 N–H and O–H groups in total. The molecule has 0 radical (unpaired) electrons. The molecule has 0 bridgehead atoms. The topological polar surface area (TPSA) is 64.3 Å². The number of benzene rings is 2. The smallest absolute Gasteiger partial charge is 0.227 e. The van der Waals surface area contributed by atoms with Crippen LogP contribution in [0.3, 0.4) is 0 Å². The summed E-state index contributed by atoms with van der Waals surface area (Å²) < 4.78 is 5.67. The minimum absolute atomic E-state index is 0. The van der Waals surface area contributed by atoms with Crippen LogP contribution in [0.1, 0.15) is 23.1 Å². The van der Waals surface area contributed by atoms with Crippen LogP contribution in [0, 0.1) is 20.8 Å². The predicted octanol–water partition coefficient (Wildman–Crippen LogP) is 4.02. The molecule has 0 aliphatic rings. The third-order valence-corrected chi connectivity index (χ3v) is 3.45. The van der Waals surface area contributed by atoms with Crippen LogP contribution >= 0.6 is 12.4 Å². The number of carbonyl (C=O) groups is 1. The number of amides is 1. The molecule has 0 fully saturated rings. The Morgan fingerprint density at radius 3 is 2.52 bits per heavy atom. The zero-order chi connectivity index (χ0) is 16.1. The Kier molecular flexibility index (Phi) is 6.91. The van der Waals surface area contributed by atoms with Gasteiger partial charge in [-0.3, -0.25) is 4.79 Å². The molecule has 0 saturated carbocycles. The molecule has 0 aliphatic carbocycles. The van der Waals surface area contributed by atoms with Crippen molar-refractivity contribution in [2.45, 2.75) is 27.2 Å². The fraction of sp³-hybridized carbons (Fsp3) is 0.278. The quantitative estimate of drug-likeness (QED) is 0.811. The van der Waals surface area contributed by atoms with Gasteiger partial charge in [-0.15, -0.1) is 12.4 Å². The third kappa shape index (κ3) is 5.49. The lowest BCUT2D eigenvalue weighted by atomic mass is 10.1. The molecule has 1 amide bonds. The lowest BCUT2D eigenvalue weighted by molar-refractivity contribution is -0.116. The van der Waals surface area contributed by atoms with E-state index in [4.69, 9.17) is 10.5 Å². The Hall–Kier alpha value is -2.20. The van der Waals surface area contributed by atoms with Gasteiger partial charge in [-0.2, -0.15) is 0 Å². The molecule has 2 aromatic carbocycles. The Balaban J connectivity index is 0.00000264. The first-order valence-corrected chi connectivity index (χ1v) is 7.32. The summed E-state index contributed by atoms with van der Waals surface area (Å²) in [5.74, 6) is 0.733. The number of carbonyl (C=O) groups excluding carboxylic acids is 1. The van der Waals surface area contributed by atoms with E-state index >= 15 is 0 Å². The number of anilines is 2. The highest BCUT2D eigenvalue weighted by atomic mass is 35.5. The van der Waals surface area contributed by atoms with Crippen molar-refractivity contribution in [1.29, 1.82) is 0 Å². The van der Waals surface area contributed by atoms with Gasteiger partial charge in [0.05, 0.1) is 13.0 Å². The number of nitrogens with one attached hydrogen (secondary N) is 1. The second-order valence-electron chi connectivity index (χ2n) is 5.49. The fourth-order valence-electron chi connectivity index (χ4n) is 2.20. The Labute approximate surface area is 143 Å². The Morgan fingerprint density at radius 1 is 1.09 bits per heavy atom. The minimum atomic E-state index is -0.0848. The number of nitrogen functional groups attached to an aromatic ring is 1. The minimum Gasteiger partial charge on any atom is -0.493 e. The zero-order valence-electron chi connectivity index (χ0n) is 13.7. The maximum Gasteiger partial charge on any atom is 0.227 e. The molecule has 0 saturated heterocycles. The van der Waals surface area contributed by atoms with Crippen molar-refractivity contribution in [1.82, 2.24) is 0 Å². The highest BCUT2D eigenvalue weighted by Gasteiger charge is 2.06. The van der Waals surface area contributed by atoms with E-state index in [2.05, 4.69) is 11.4 Å². The van der Waals surface area contributed by atoms with E-state index in [1.54, 1.807) is 6.07 Å². The fourth-order valence-corrected chi connectivity index (χ4v) is 2.20. The van der Waals surface area contributed by atoms with Crippen LogP contribution < -0.4 is 15.8 Å². The first-order chi connectivity index (χ1) is 10.5. The van der Waals surface area contributed by atoms with Crippen molar-refractivity contribution < 1.29 is 9.53 Å². The van der Waals surface area contributed by atoms with E-state index in [0.717, 1.165) is 22.6 Å². The van der Waals surface area contributed by atoms with Crippen molar-refractivity contribution in [3.63, 3.8) is 0 Å². The van der Waals surface area contributed by atoms with Crippen LogP contribution in [-0.2, 0) is 4.79 Å². The first kappa shape index (κ1) is 18.8. The Bertz CT molecular complexity index is 687. The molecule has 5 heteroatoms. The summed E-state index contributed by atoms with van der Waals surface area (Å²) in [6, 6.07) is 11.5. The van der Waals surface area contributed by atoms with Crippen molar-refractivity contribution in [2.75, 3.05) is 17.7 Å². The number of hydrogen-bond donors (Lipinski definition) is 2. The second-order valence-corrected chi connectivity index (χ2v) is 5.49. The molecule has 4 nitrogen and oxygen atoms in total. The SMILES string of the molecule is Cc1ccc(OCCC(=O)Nc2cc(N)ccc2C)c(C)c1.Cl. The molecule has 124 valence electrons. The van der Waals surface area contributed by atoms with Gasteiger partial charge in [0.1, 0.15) is 5.75 Å². The lowest BCUT2D eigenvalue weighted by Crippen LogP contribution is -2.16. The monoisotopic (exact) mass is 334 g/mol. The number of ether oxygens (including phenoxy) is 1. The number of halogens is 1. The van der Waals surface area contributed by atoms with Crippen molar-refractivity contribution >= 4 is 29.7 Å². The van der Waals surface area contributed by atoms with Crippen LogP contribution in [-0.4, -0.2) is 12.5 Å². The molecular weight excluding hydrogens is 312 g/mol. The van der Waals surface area contributed by atoms with Gasteiger partial charge in [-0.1, -0.05) is 23.8 Å². The van der Waals surface area contributed by atoms with Crippen molar-refractivity contribution in [2.24, 2.45) is 0 Å². The molecule has 0 atom stereocenters. The van der Waals surface area contributed by atoms with Gasteiger partial charge in [0.15, 0.2) is 0 Å². The standard InChI is InChI=1S/C18H22N2O2.ClH/c1-12-4-7-17(14(3)10-12)22-9-8-18(21)20-16-11-15(19)6-5-13(16)2;/h4-7,10-11H,8-9,19H2,1-3H3,(H,20,21);1H. The van der Waals surface area contributed by atoms with E-state index in [9.17, 15) is 4.79 Å². The first-order valence-electron chi connectivity index (χ1n) is 7.32. The highest BCUT2D eigenvalue weighted by Crippen LogP contribution is 2.20. The molecule has 0 unspecified atom stereocenters. The van der Waals surface area contributed by atoms with E-state index < -0.39 is 0 Å². The lowest BCUT2D eigenvalue weighted by Gasteiger charge is -2.11. The summed E-state index contributed by atoms with van der Waals surface area (Å²) in [5.41, 5.74) is 10.4. The predicted molar refractivity (Wildman–Crippen MR) is 97.5 cm³/mol. The average molecular weight is 335 g/mol. The van der Waals surface area contributed by atoms with Crippen molar-refractivity contribution in [3.8, 4) is 5.75 Å². The van der Waals surface area contributed by atoms with Gasteiger partial charge in [0.2, 0.25) is 5.91 Å². The molecule has 0 aliphatic heterocycles. The average Bonchev–Trinajstić information content (AvgIpc) is 2.45. The molecule has 2 rings (SSSR count). The van der Waals surface area contributed by atoms with Gasteiger partial charge in [-0.25, -0.2) is 0 Å². The number of nitrogens with two attached hydrogens (primary N) is 1. The van der Waals surface area contributed by atoms with Crippen LogP contribution in [0.25, 0.3) is 0 Å². The summed E-state index contributed by atoms with van der Waals surface area (Å²) in [4.78, 5) is 12.0. The molecule has 0 heterocycles. The molecule has 23 heavy (non-hydrogen) atoms. The van der Waals surface area contributed by atoms with Crippen LogP contribution in [0.5, 0.6) is 5.75 Å². The maximum absolute atomic E-state index is 12.0. The summed E-state index contributed by atoms with van der Waals surface area (Å²) in [6.07, 6.45) is 0.293. The van der Waals surface area contributed by atoms with Gasteiger partial charge in [0.25, 0.3) is 0 Å². The van der Waals surface area contributed by atoms with Gasteiger partial charge < -0.3 is 15.8 Å². The largest absolute Gasteiger partial charge is 0.493 e. The van der Waals surface area contributed by atoms with Crippen molar-refractivity contribution in [3.05, 3.63) is 53.1 Å². The van der Waals surface area contributed by atoms with Crippen LogP contribution in [0.15, 0.2) is 36.4 Å². The van der Waals surface area contributed by atoms with Gasteiger partial charge >= 0.3 is 0 Å².